The number of carbonyl (C=O) groups is 1. The molecular weight excluding hydrogens is 1090 g/mol. The molecule has 10 rings (SSSR count). The molecule has 0 saturated heterocycles. The number of unbranched alkanes of at least 4 members (excludes halogenated alkanes) is 7. The Labute approximate surface area is 510 Å². The normalized spacial score (nSPS) is 12.9. The molecule has 0 atom stereocenters. The van der Waals surface area contributed by atoms with Gasteiger partial charge in [0.25, 0.3) is 0 Å². The van der Waals surface area contributed by atoms with Crippen molar-refractivity contribution in [2.24, 2.45) is 0 Å². The highest BCUT2D eigenvalue weighted by Gasteiger charge is 2.34. The van der Waals surface area contributed by atoms with E-state index < -0.39 is 17.7 Å². The molecule has 5 aromatic carbocycles. The molecule has 3 N–H and O–H groups in total. The van der Waals surface area contributed by atoms with Gasteiger partial charge < -0.3 is 24.5 Å². The van der Waals surface area contributed by atoms with Crippen molar-refractivity contribution < 1.29 is 32.5 Å². The molecule has 0 unspecified atom stereocenters. The molecule has 0 saturated carbocycles. The SMILES string of the molecule is CC(C)(C)c1ccc(-c2c3nc(c(-c4ccc(C(C)(C)C)cc4)c4ccc([nH]4)c(-c4ccc(C(C)(C)C)cc4)c4nc(c(-c5ccc(OCCCCCCCCCCOc6ccc(C(=O)/C=C(\O)C(F)(F)F)cc6)cc5)c5ccc2[nH]5)C=C4)C=C3)cc1. The van der Waals surface area contributed by atoms with Gasteiger partial charge in [-0.05, 0) is 153 Å². The van der Waals surface area contributed by atoms with E-state index in [1.54, 1.807) is 12.1 Å². The summed E-state index contributed by atoms with van der Waals surface area (Å²) in [4.78, 5) is 31.1. The standard InChI is InChI=1S/C76H79F3N4O4/c1-73(2,3)54-28-18-50(19-29-54)69-59-38-40-61(80-59)70(51-20-30-55(31-21-51)74(4,5)6)63-42-44-65(82-63)72(66-45-43-64(83-66)71(62-41-39-60(69)81-62)52-22-32-56(33-23-52)75(7,8)9)53-26-36-58(37-27-53)87-47-17-15-13-11-10-12-14-16-46-86-57-34-24-49(25-35-57)67(84)48-68(85)76(77,78)79/h18-45,48,80,83,85H,10-17,46-47H2,1-9H3/b68-48-,69-59?,69-60?,70-61?,70-63?,71-62?,71-64?,72-65?,72-66?. The van der Waals surface area contributed by atoms with E-state index in [-0.39, 0.29) is 27.9 Å². The summed E-state index contributed by atoms with van der Waals surface area (Å²) in [5.41, 5.74) is 19.2. The summed E-state index contributed by atoms with van der Waals surface area (Å²) in [6.07, 6.45) is 12.2. The lowest BCUT2D eigenvalue weighted by Gasteiger charge is -2.19. The summed E-state index contributed by atoms with van der Waals surface area (Å²) >= 11 is 0. The van der Waals surface area contributed by atoms with Crippen LogP contribution >= 0.6 is 0 Å². The van der Waals surface area contributed by atoms with E-state index in [0.29, 0.717) is 19.0 Å². The maximum Gasteiger partial charge on any atom is 0.448 e. The van der Waals surface area contributed by atoms with Gasteiger partial charge >= 0.3 is 6.18 Å². The largest absolute Gasteiger partial charge is 0.504 e. The average molecular weight is 1170 g/mol. The van der Waals surface area contributed by atoms with Crippen molar-refractivity contribution in [3.05, 3.63) is 202 Å². The number of carbonyl (C=O) groups excluding carboxylic acids is 1. The number of fused-ring (bicyclic) bond motifs is 8. The highest BCUT2D eigenvalue weighted by Crippen LogP contribution is 2.40. The quantitative estimate of drug-likeness (QED) is 0.0322. The van der Waals surface area contributed by atoms with Gasteiger partial charge in [-0.1, -0.05) is 186 Å². The minimum Gasteiger partial charge on any atom is -0.504 e. The zero-order valence-electron chi connectivity index (χ0n) is 51.5. The van der Waals surface area contributed by atoms with Crippen molar-refractivity contribution in [1.82, 2.24) is 19.9 Å². The molecule has 3 aromatic heterocycles. The zero-order valence-corrected chi connectivity index (χ0v) is 51.5. The molecule has 0 radical (unpaired) electrons. The lowest BCUT2D eigenvalue weighted by molar-refractivity contribution is -0.120. The fourth-order valence-electron chi connectivity index (χ4n) is 11.2. The highest BCUT2D eigenvalue weighted by atomic mass is 19.4. The summed E-state index contributed by atoms with van der Waals surface area (Å²) in [6, 6.07) is 49.8. The second kappa shape index (κ2) is 25.7. The number of aliphatic hydroxyl groups excluding tert-OH is 1. The van der Waals surface area contributed by atoms with Crippen molar-refractivity contribution >= 4 is 52.2 Å². The minimum atomic E-state index is -4.97. The van der Waals surface area contributed by atoms with Crippen LogP contribution in [0.4, 0.5) is 13.2 Å². The molecule has 8 bridgehead atoms. The van der Waals surface area contributed by atoms with E-state index >= 15 is 0 Å². The molecule has 448 valence electrons. The van der Waals surface area contributed by atoms with Crippen molar-refractivity contribution in [1.29, 1.82) is 0 Å². The molecule has 0 amide bonds. The second-order valence-electron chi connectivity index (χ2n) is 26.0. The Bertz CT molecular complexity index is 3960. The van der Waals surface area contributed by atoms with Gasteiger partial charge in [0, 0.05) is 56.0 Å². The molecular formula is C76H79F3N4O4. The number of allylic oxidation sites excluding steroid dienone is 2. The Morgan fingerprint density at radius 2 is 0.690 bits per heavy atom. The molecule has 8 aromatic rings. The monoisotopic (exact) mass is 1170 g/mol. The third kappa shape index (κ3) is 14.8. The first-order valence-electron chi connectivity index (χ1n) is 30.5. The lowest BCUT2D eigenvalue weighted by atomic mass is 9.86. The van der Waals surface area contributed by atoms with Crippen LogP contribution in [0.1, 0.15) is 164 Å². The molecule has 87 heavy (non-hydrogen) atoms. The molecule has 8 nitrogen and oxygen atoms in total. The molecule has 0 aliphatic carbocycles. The summed E-state index contributed by atoms with van der Waals surface area (Å²) < 4.78 is 49.9. The number of aliphatic hydroxyl groups is 1. The van der Waals surface area contributed by atoms with Crippen LogP contribution < -0.4 is 9.47 Å². The van der Waals surface area contributed by atoms with Crippen LogP contribution in [0.25, 0.3) is 90.9 Å². The average Bonchev–Trinajstić information content (AvgIpc) is 1.85. The van der Waals surface area contributed by atoms with Crippen molar-refractivity contribution in [2.45, 2.75) is 136 Å². The van der Waals surface area contributed by atoms with Crippen LogP contribution in [0.15, 0.2) is 157 Å². The third-order valence-corrected chi connectivity index (χ3v) is 16.3. The van der Waals surface area contributed by atoms with Crippen LogP contribution in [0, 0.1) is 0 Å². The summed E-state index contributed by atoms with van der Waals surface area (Å²) in [7, 11) is 0. The number of alkyl halides is 3. The molecule has 2 aliphatic heterocycles. The van der Waals surface area contributed by atoms with Gasteiger partial charge in [0.1, 0.15) is 11.5 Å². The van der Waals surface area contributed by atoms with E-state index in [0.717, 1.165) is 146 Å². The summed E-state index contributed by atoms with van der Waals surface area (Å²) in [5, 5.41) is 9.09. The predicted octanol–water partition coefficient (Wildman–Crippen LogP) is 21.0. The Balaban J connectivity index is 0.910. The number of ketones is 1. The van der Waals surface area contributed by atoms with Gasteiger partial charge in [-0.3, -0.25) is 4.79 Å². The van der Waals surface area contributed by atoms with Crippen LogP contribution in [0.3, 0.4) is 0 Å². The van der Waals surface area contributed by atoms with Crippen LogP contribution in [-0.4, -0.2) is 50.2 Å². The number of aromatic nitrogens is 4. The first-order chi connectivity index (χ1) is 41.5. The van der Waals surface area contributed by atoms with Crippen molar-refractivity contribution in [3.8, 4) is 56.0 Å². The number of ether oxygens (including phenoxy) is 2. The number of H-pyrrole nitrogens is 2. The summed E-state index contributed by atoms with van der Waals surface area (Å²) in [5.74, 6) is -1.52. The fraction of sp³-hybridized carbons (Fsp3) is 0.303. The van der Waals surface area contributed by atoms with Gasteiger partial charge in [-0.2, -0.15) is 13.2 Å². The number of benzene rings is 5. The number of rotatable bonds is 19. The number of halogens is 3. The fourth-order valence-corrected chi connectivity index (χ4v) is 11.2. The lowest BCUT2D eigenvalue weighted by Crippen LogP contribution is -2.13. The topological polar surface area (TPSA) is 113 Å². The van der Waals surface area contributed by atoms with Crippen molar-refractivity contribution in [3.63, 3.8) is 0 Å². The molecule has 11 heteroatoms. The molecule has 0 spiro atoms. The Morgan fingerprint density at radius 3 is 0.977 bits per heavy atom. The number of nitrogens with zero attached hydrogens (tertiary/aromatic N) is 2. The van der Waals surface area contributed by atoms with Gasteiger partial charge in [-0.25, -0.2) is 9.97 Å². The first kappa shape index (κ1) is 61.4. The summed E-state index contributed by atoms with van der Waals surface area (Å²) in [6.45, 7) is 21.3. The van der Waals surface area contributed by atoms with Crippen LogP contribution in [0.2, 0.25) is 0 Å². The number of aromatic amines is 2. The smallest absolute Gasteiger partial charge is 0.448 e. The maximum absolute atomic E-state index is 12.6. The van der Waals surface area contributed by atoms with E-state index in [9.17, 15) is 18.0 Å². The van der Waals surface area contributed by atoms with Crippen LogP contribution in [0.5, 0.6) is 11.5 Å². The Kier molecular flexibility index (Phi) is 18.1. The third-order valence-electron chi connectivity index (χ3n) is 16.3. The number of nitrogens with one attached hydrogen (secondary N) is 2. The van der Waals surface area contributed by atoms with Gasteiger partial charge in [0.2, 0.25) is 5.76 Å². The highest BCUT2D eigenvalue weighted by molar-refractivity contribution is 6.05. The van der Waals surface area contributed by atoms with Crippen LogP contribution in [-0.2, 0) is 16.2 Å². The maximum atomic E-state index is 12.6. The molecule has 5 heterocycles. The van der Waals surface area contributed by atoms with Gasteiger partial charge in [-0.15, -0.1) is 0 Å². The number of hydrogen-bond donors (Lipinski definition) is 3. The zero-order chi connectivity index (χ0) is 61.7. The van der Waals surface area contributed by atoms with Crippen molar-refractivity contribution in [2.75, 3.05) is 13.2 Å². The van der Waals surface area contributed by atoms with E-state index in [4.69, 9.17) is 24.5 Å². The molecule has 0 fully saturated rings. The molecule has 2 aliphatic rings. The van der Waals surface area contributed by atoms with Gasteiger partial charge in [0.05, 0.1) is 36.0 Å². The Morgan fingerprint density at radius 1 is 0.414 bits per heavy atom. The minimum absolute atomic E-state index is 0.00432. The Hall–Kier alpha value is -8.70. The van der Waals surface area contributed by atoms with E-state index in [1.807, 2.05) is 0 Å². The van der Waals surface area contributed by atoms with E-state index in [1.165, 1.54) is 28.8 Å². The van der Waals surface area contributed by atoms with E-state index in [2.05, 4.69) is 218 Å². The first-order valence-corrected chi connectivity index (χ1v) is 30.5. The number of hydrogen-bond acceptors (Lipinski definition) is 6. The predicted molar refractivity (Wildman–Crippen MR) is 352 cm³/mol. The van der Waals surface area contributed by atoms with Gasteiger partial charge in [0.15, 0.2) is 5.78 Å². The second-order valence-corrected chi connectivity index (χ2v) is 26.0.